The molecule has 0 N–H and O–H groups in total. The number of carbonyl (C=O) groups is 1. The van der Waals surface area contributed by atoms with Crippen molar-refractivity contribution in [2.75, 3.05) is 13.1 Å². The van der Waals surface area contributed by atoms with Crippen molar-refractivity contribution in [3.05, 3.63) is 0 Å². The number of likely N-dealkylation sites (N-methyl/N-ethyl adjacent to an activating group) is 1. The van der Waals surface area contributed by atoms with Crippen LogP contribution in [0, 0.1) is 0 Å². The van der Waals surface area contributed by atoms with Gasteiger partial charge in [0.2, 0.25) is 0 Å². The fourth-order valence-corrected chi connectivity index (χ4v) is 1.67. The molecule has 1 saturated heterocycles. The van der Waals surface area contributed by atoms with Crippen LogP contribution in [-0.4, -0.2) is 29.8 Å². The van der Waals surface area contributed by atoms with Crippen LogP contribution in [0.1, 0.15) is 40.5 Å². The van der Waals surface area contributed by atoms with Crippen LogP contribution in [0.5, 0.6) is 0 Å². The molecule has 2 heteroatoms. The van der Waals surface area contributed by atoms with Gasteiger partial charge in [-0.1, -0.05) is 20.8 Å². The predicted octanol–water partition coefficient (Wildman–Crippen LogP) is 2.09. The van der Waals surface area contributed by atoms with E-state index in [1.165, 1.54) is 6.42 Å². The van der Waals surface area contributed by atoms with E-state index in [-0.39, 0.29) is 6.04 Å². The van der Waals surface area contributed by atoms with Gasteiger partial charge in [0.15, 0.2) is 0 Å². The fourth-order valence-electron chi connectivity index (χ4n) is 1.67. The number of likely N-dealkylation sites (tertiary alicyclic amines) is 1. The molecule has 0 radical (unpaired) electrons. The summed E-state index contributed by atoms with van der Waals surface area (Å²) in [7, 11) is 0. The zero-order valence-corrected chi connectivity index (χ0v) is 8.76. The van der Waals surface area contributed by atoms with Crippen molar-refractivity contribution in [1.82, 2.24) is 4.90 Å². The highest BCUT2D eigenvalue weighted by molar-refractivity contribution is 5.81. The van der Waals surface area contributed by atoms with Crippen molar-refractivity contribution in [2.24, 2.45) is 0 Å². The van der Waals surface area contributed by atoms with Crippen LogP contribution in [0.15, 0.2) is 0 Å². The lowest BCUT2D eigenvalue weighted by atomic mass is 10.1. The van der Waals surface area contributed by atoms with Crippen molar-refractivity contribution in [3.63, 3.8) is 0 Å². The molecule has 1 atom stereocenters. The Morgan fingerprint density at radius 3 is 2.42 bits per heavy atom. The molecule has 2 nitrogen and oxygen atoms in total. The Kier molecular flexibility index (Phi) is 5.99. The fraction of sp³-hybridized carbons (Fsp3) is 0.900. The van der Waals surface area contributed by atoms with Crippen LogP contribution in [0.25, 0.3) is 0 Å². The van der Waals surface area contributed by atoms with Crippen molar-refractivity contribution in [3.8, 4) is 0 Å². The van der Waals surface area contributed by atoms with Crippen molar-refractivity contribution < 1.29 is 4.79 Å². The van der Waals surface area contributed by atoms with Gasteiger partial charge in [0.1, 0.15) is 5.78 Å². The van der Waals surface area contributed by atoms with Crippen LogP contribution in [-0.2, 0) is 4.79 Å². The average molecular weight is 171 g/mol. The second kappa shape index (κ2) is 6.18. The first-order valence-corrected chi connectivity index (χ1v) is 5.00. The molecule has 0 spiro atoms. The normalized spacial score (nSPS) is 23.2. The Labute approximate surface area is 75.9 Å². The molecule has 0 unspecified atom stereocenters. The summed E-state index contributed by atoms with van der Waals surface area (Å²) in [4.78, 5) is 13.2. The van der Waals surface area contributed by atoms with Gasteiger partial charge in [-0.2, -0.15) is 0 Å². The van der Waals surface area contributed by atoms with Gasteiger partial charge < -0.3 is 0 Å². The molecule has 0 amide bonds. The van der Waals surface area contributed by atoms with Crippen LogP contribution >= 0.6 is 0 Å². The lowest BCUT2D eigenvalue weighted by molar-refractivity contribution is -0.121. The monoisotopic (exact) mass is 171 g/mol. The summed E-state index contributed by atoms with van der Waals surface area (Å²) in [6.45, 7) is 9.94. The predicted molar refractivity (Wildman–Crippen MR) is 52.3 cm³/mol. The molecule has 0 aromatic heterocycles. The zero-order valence-electron chi connectivity index (χ0n) is 8.76. The highest BCUT2D eigenvalue weighted by Crippen LogP contribution is 2.16. The maximum atomic E-state index is 11.0. The summed E-state index contributed by atoms with van der Waals surface area (Å²) >= 11 is 0. The Balaban J connectivity index is 0.000000561. The van der Waals surface area contributed by atoms with E-state index < -0.39 is 0 Å². The van der Waals surface area contributed by atoms with E-state index in [0.717, 1.165) is 19.5 Å². The molecule has 1 fully saturated rings. The van der Waals surface area contributed by atoms with Crippen molar-refractivity contribution in [1.29, 1.82) is 0 Å². The molecule has 1 aliphatic heterocycles. The SMILES string of the molecule is CC.CCN1CCC[C@@H]1C(C)=O. The maximum absolute atomic E-state index is 11.0. The molecule has 72 valence electrons. The number of carbonyl (C=O) groups excluding carboxylic acids is 1. The minimum atomic E-state index is 0.241. The molecule has 12 heavy (non-hydrogen) atoms. The second-order valence-electron chi connectivity index (χ2n) is 2.90. The highest BCUT2D eigenvalue weighted by Gasteiger charge is 2.25. The summed E-state index contributed by atoms with van der Waals surface area (Å²) < 4.78 is 0. The summed E-state index contributed by atoms with van der Waals surface area (Å²) in [5.74, 6) is 0.333. The Bertz CT molecular complexity index is 134. The first-order chi connectivity index (χ1) is 5.75. The molecular formula is C10H21NO. The van der Waals surface area contributed by atoms with Gasteiger partial charge in [-0.3, -0.25) is 9.69 Å². The Hall–Kier alpha value is -0.370. The number of hydrogen-bond donors (Lipinski definition) is 0. The molecule has 1 aliphatic rings. The van der Waals surface area contributed by atoms with Crippen LogP contribution in [0.3, 0.4) is 0 Å². The molecule has 1 rings (SSSR count). The van der Waals surface area contributed by atoms with E-state index in [1.807, 2.05) is 13.8 Å². The highest BCUT2D eigenvalue weighted by atomic mass is 16.1. The Morgan fingerprint density at radius 1 is 1.50 bits per heavy atom. The second-order valence-corrected chi connectivity index (χ2v) is 2.90. The lowest BCUT2D eigenvalue weighted by Gasteiger charge is -2.19. The molecule has 0 aromatic rings. The third kappa shape index (κ3) is 2.94. The maximum Gasteiger partial charge on any atom is 0.146 e. The molecule has 1 heterocycles. The van der Waals surface area contributed by atoms with Crippen LogP contribution in [0.4, 0.5) is 0 Å². The molecule has 0 saturated carbocycles. The van der Waals surface area contributed by atoms with Gasteiger partial charge >= 0.3 is 0 Å². The summed E-state index contributed by atoms with van der Waals surface area (Å²) in [5, 5.41) is 0. The topological polar surface area (TPSA) is 20.3 Å². The number of nitrogens with zero attached hydrogens (tertiary/aromatic N) is 1. The van der Waals surface area contributed by atoms with Gasteiger partial charge in [0.25, 0.3) is 0 Å². The largest absolute Gasteiger partial charge is 0.298 e. The van der Waals surface area contributed by atoms with E-state index in [9.17, 15) is 4.79 Å². The summed E-state index contributed by atoms with van der Waals surface area (Å²) in [6, 6.07) is 0.241. The van der Waals surface area contributed by atoms with Gasteiger partial charge in [-0.25, -0.2) is 0 Å². The quantitative estimate of drug-likeness (QED) is 0.634. The number of ketones is 1. The first kappa shape index (κ1) is 11.6. The van der Waals surface area contributed by atoms with Gasteiger partial charge in [0.05, 0.1) is 6.04 Å². The zero-order chi connectivity index (χ0) is 9.56. The molecule has 0 bridgehead atoms. The van der Waals surface area contributed by atoms with Crippen LogP contribution in [0.2, 0.25) is 0 Å². The summed E-state index contributed by atoms with van der Waals surface area (Å²) in [6.07, 6.45) is 2.27. The Morgan fingerprint density at radius 2 is 2.08 bits per heavy atom. The third-order valence-electron chi connectivity index (χ3n) is 2.24. The average Bonchev–Trinajstić information content (AvgIpc) is 2.55. The lowest BCUT2D eigenvalue weighted by Crippen LogP contribution is -2.34. The van der Waals surface area contributed by atoms with Gasteiger partial charge in [-0.05, 0) is 32.9 Å². The summed E-state index contributed by atoms with van der Waals surface area (Å²) in [5.41, 5.74) is 0. The van der Waals surface area contributed by atoms with Gasteiger partial charge in [0, 0.05) is 0 Å². The minimum Gasteiger partial charge on any atom is -0.298 e. The first-order valence-electron chi connectivity index (χ1n) is 5.00. The standard InChI is InChI=1S/C8H15NO.C2H6/c1-3-9-6-4-5-8(9)7(2)10;1-2/h8H,3-6H2,1-2H3;1-2H3/t8-;/m1./s1. The molecule has 0 aliphatic carbocycles. The number of hydrogen-bond acceptors (Lipinski definition) is 2. The molecule has 0 aromatic carbocycles. The van der Waals surface area contributed by atoms with Crippen LogP contribution < -0.4 is 0 Å². The molecular weight excluding hydrogens is 150 g/mol. The smallest absolute Gasteiger partial charge is 0.146 e. The van der Waals surface area contributed by atoms with E-state index in [0.29, 0.717) is 5.78 Å². The minimum absolute atomic E-state index is 0.241. The van der Waals surface area contributed by atoms with E-state index in [2.05, 4.69) is 11.8 Å². The van der Waals surface area contributed by atoms with E-state index in [1.54, 1.807) is 6.92 Å². The third-order valence-corrected chi connectivity index (χ3v) is 2.24. The number of Topliss-reactive ketones (excluding diaryl/α,β-unsaturated/α-hetero) is 1. The van der Waals surface area contributed by atoms with E-state index in [4.69, 9.17) is 0 Å². The van der Waals surface area contributed by atoms with Crippen molar-refractivity contribution >= 4 is 5.78 Å². The van der Waals surface area contributed by atoms with E-state index >= 15 is 0 Å². The van der Waals surface area contributed by atoms with Gasteiger partial charge in [-0.15, -0.1) is 0 Å². The number of rotatable bonds is 2. The van der Waals surface area contributed by atoms with Crippen molar-refractivity contribution in [2.45, 2.75) is 46.6 Å².